The van der Waals surface area contributed by atoms with E-state index in [1.54, 1.807) is 11.3 Å². The zero-order chi connectivity index (χ0) is 13.2. The standard InChI is InChI=1S/C13H20N4OS/c1-16(9-10-4-2-3-6-18-10)12-11(8-14)17-5-7-19-13(17)15-12/h5,7,10H,2-4,6,8-9,14H2,1H3. The number of fused-ring (bicyclic) bond motifs is 1. The minimum atomic E-state index is 0.323. The molecule has 0 saturated carbocycles. The van der Waals surface area contributed by atoms with Crippen LogP contribution in [0.3, 0.4) is 0 Å². The largest absolute Gasteiger partial charge is 0.376 e. The molecular weight excluding hydrogens is 260 g/mol. The number of imidazole rings is 1. The number of nitrogens with zero attached hydrogens (tertiary/aromatic N) is 3. The summed E-state index contributed by atoms with van der Waals surface area (Å²) < 4.78 is 7.88. The van der Waals surface area contributed by atoms with E-state index in [9.17, 15) is 0 Å². The summed E-state index contributed by atoms with van der Waals surface area (Å²) >= 11 is 1.64. The molecule has 0 bridgehead atoms. The van der Waals surface area contributed by atoms with Crippen molar-refractivity contribution in [1.82, 2.24) is 9.38 Å². The van der Waals surface area contributed by atoms with Gasteiger partial charge in [0.25, 0.3) is 0 Å². The molecule has 0 aromatic carbocycles. The Morgan fingerprint density at radius 1 is 1.58 bits per heavy atom. The Balaban J connectivity index is 1.79. The molecule has 0 aliphatic carbocycles. The van der Waals surface area contributed by atoms with Crippen LogP contribution in [0, 0.1) is 0 Å². The maximum Gasteiger partial charge on any atom is 0.195 e. The van der Waals surface area contributed by atoms with Crippen molar-refractivity contribution in [3.05, 3.63) is 17.3 Å². The summed E-state index contributed by atoms with van der Waals surface area (Å²) in [6.07, 6.45) is 5.95. The molecule has 6 heteroatoms. The average molecular weight is 280 g/mol. The van der Waals surface area contributed by atoms with Gasteiger partial charge in [-0.25, -0.2) is 4.98 Å². The van der Waals surface area contributed by atoms with Crippen molar-refractivity contribution >= 4 is 22.1 Å². The van der Waals surface area contributed by atoms with Crippen LogP contribution in [0.25, 0.3) is 4.96 Å². The lowest BCUT2D eigenvalue weighted by molar-refractivity contribution is 0.0215. The van der Waals surface area contributed by atoms with Gasteiger partial charge in [-0.2, -0.15) is 0 Å². The van der Waals surface area contributed by atoms with Crippen LogP contribution in [0.4, 0.5) is 5.82 Å². The van der Waals surface area contributed by atoms with E-state index in [-0.39, 0.29) is 0 Å². The molecule has 0 amide bonds. The van der Waals surface area contributed by atoms with Crippen LogP contribution in [-0.4, -0.2) is 35.7 Å². The third kappa shape index (κ3) is 2.48. The van der Waals surface area contributed by atoms with E-state index >= 15 is 0 Å². The fourth-order valence-electron chi connectivity index (χ4n) is 2.66. The molecule has 0 radical (unpaired) electrons. The number of thiazole rings is 1. The summed E-state index contributed by atoms with van der Waals surface area (Å²) in [5.74, 6) is 0.989. The summed E-state index contributed by atoms with van der Waals surface area (Å²) in [5, 5.41) is 2.04. The van der Waals surface area contributed by atoms with Crippen molar-refractivity contribution < 1.29 is 4.74 Å². The number of anilines is 1. The Bertz CT molecular complexity index is 544. The Morgan fingerprint density at radius 2 is 2.47 bits per heavy atom. The van der Waals surface area contributed by atoms with Gasteiger partial charge in [-0.15, -0.1) is 11.3 Å². The molecule has 2 aromatic rings. The van der Waals surface area contributed by atoms with Gasteiger partial charge in [0, 0.05) is 38.3 Å². The van der Waals surface area contributed by atoms with Gasteiger partial charge >= 0.3 is 0 Å². The summed E-state index contributed by atoms with van der Waals surface area (Å²) in [6.45, 7) is 2.28. The molecule has 1 aliphatic heterocycles. The van der Waals surface area contributed by atoms with Crippen LogP contribution in [0.15, 0.2) is 11.6 Å². The maximum atomic E-state index is 5.88. The Labute approximate surface area is 117 Å². The van der Waals surface area contributed by atoms with Crippen molar-refractivity contribution in [3.63, 3.8) is 0 Å². The van der Waals surface area contributed by atoms with Gasteiger partial charge in [-0.05, 0) is 19.3 Å². The first-order chi connectivity index (χ1) is 9.29. The molecule has 1 atom stereocenters. The number of hydrogen-bond donors (Lipinski definition) is 1. The molecular formula is C13H20N4OS. The fraction of sp³-hybridized carbons (Fsp3) is 0.615. The first-order valence-electron chi connectivity index (χ1n) is 6.77. The number of rotatable bonds is 4. The molecule has 104 valence electrons. The molecule has 0 spiro atoms. The molecule has 1 aliphatic rings. The van der Waals surface area contributed by atoms with Crippen molar-refractivity contribution in [2.24, 2.45) is 5.73 Å². The van der Waals surface area contributed by atoms with Crippen LogP contribution < -0.4 is 10.6 Å². The van der Waals surface area contributed by atoms with Crippen LogP contribution >= 0.6 is 11.3 Å². The van der Waals surface area contributed by atoms with Crippen molar-refractivity contribution in [3.8, 4) is 0 Å². The second-order valence-electron chi connectivity index (χ2n) is 5.01. The minimum absolute atomic E-state index is 0.323. The highest BCUT2D eigenvalue weighted by molar-refractivity contribution is 7.15. The zero-order valence-corrected chi connectivity index (χ0v) is 12.0. The Morgan fingerprint density at radius 3 is 3.21 bits per heavy atom. The molecule has 1 saturated heterocycles. The molecule has 2 aromatic heterocycles. The van der Waals surface area contributed by atoms with Crippen molar-refractivity contribution in [2.75, 3.05) is 25.1 Å². The monoisotopic (exact) mass is 280 g/mol. The predicted molar refractivity (Wildman–Crippen MR) is 77.8 cm³/mol. The average Bonchev–Trinajstić information content (AvgIpc) is 2.99. The number of ether oxygens (including phenoxy) is 1. The Hall–Kier alpha value is -1.11. The first-order valence-corrected chi connectivity index (χ1v) is 7.65. The molecule has 2 N–H and O–H groups in total. The molecule has 19 heavy (non-hydrogen) atoms. The second-order valence-corrected chi connectivity index (χ2v) is 5.88. The van der Waals surface area contributed by atoms with Gasteiger partial charge in [-0.3, -0.25) is 4.40 Å². The SMILES string of the molecule is CN(CC1CCCCO1)c1nc2sccn2c1CN. The smallest absolute Gasteiger partial charge is 0.195 e. The van der Waals surface area contributed by atoms with Crippen LogP contribution in [-0.2, 0) is 11.3 Å². The summed E-state index contributed by atoms with van der Waals surface area (Å²) in [5.41, 5.74) is 6.96. The summed E-state index contributed by atoms with van der Waals surface area (Å²) in [4.78, 5) is 7.87. The fourth-order valence-corrected chi connectivity index (χ4v) is 3.39. The minimum Gasteiger partial charge on any atom is -0.376 e. The molecule has 1 unspecified atom stereocenters. The van der Waals surface area contributed by atoms with Gasteiger partial charge < -0.3 is 15.4 Å². The van der Waals surface area contributed by atoms with Crippen LogP contribution in [0.5, 0.6) is 0 Å². The Kier molecular flexibility index (Phi) is 3.72. The normalized spacial score (nSPS) is 20.0. The van der Waals surface area contributed by atoms with Gasteiger partial charge in [0.15, 0.2) is 10.8 Å². The molecule has 3 rings (SSSR count). The van der Waals surface area contributed by atoms with Crippen LogP contribution in [0.2, 0.25) is 0 Å². The van der Waals surface area contributed by atoms with E-state index in [1.807, 2.05) is 11.6 Å². The van der Waals surface area contributed by atoms with E-state index in [4.69, 9.17) is 10.5 Å². The molecule has 1 fully saturated rings. The highest BCUT2D eigenvalue weighted by atomic mass is 32.1. The highest BCUT2D eigenvalue weighted by Gasteiger charge is 2.20. The van der Waals surface area contributed by atoms with Crippen molar-refractivity contribution in [2.45, 2.75) is 31.9 Å². The number of likely N-dealkylation sites (N-methyl/N-ethyl adjacent to an activating group) is 1. The first kappa shape index (κ1) is 12.9. The predicted octanol–water partition coefficient (Wildman–Crippen LogP) is 1.86. The third-order valence-corrected chi connectivity index (χ3v) is 4.40. The topological polar surface area (TPSA) is 55.8 Å². The van der Waals surface area contributed by atoms with Gasteiger partial charge in [0.2, 0.25) is 0 Å². The third-order valence-electron chi connectivity index (χ3n) is 3.65. The van der Waals surface area contributed by atoms with Crippen LogP contribution in [0.1, 0.15) is 25.0 Å². The van der Waals surface area contributed by atoms with E-state index in [0.29, 0.717) is 12.6 Å². The van der Waals surface area contributed by atoms with Crippen molar-refractivity contribution in [1.29, 1.82) is 0 Å². The maximum absolute atomic E-state index is 5.88. The van der Waals surface area contributed by atoms with E-state index < -0.39 is 0 Å². The lowest BCUT2D eigenvalue weighted by Gasteiger charge is -2.28. The lowest BCUT2D eigenvalue weighted by atomic mass is 10.1. The second kappa shape index (κ2) is 5.48. The number of aromatic nitrogens is 2. The molecule has 3 heterocycles. The van der Waals surface area contributed by atoms with E-state index in [0.717, 1.165) is 36.0 Å². The zero-order valence-electron chi connectivity index (χ0n) is 11.2. The lowest BCUT2D eigenvalue weighted by Crippen LogP contribution is -2.34. The molecule has 5 nitrogen and oxygen atoms in total. The quantitative estimate of drug-likeness (QED) is 0.929. The van der Waals surface area contributed by atoms with Gasteiger partial charge in [-0.1, -0.05) is 0 Å². The summed E-state index contributed by atoms with van der Waals surface area (Å²) in [6, 6.07) is 0. The number of hydrogen-bond acceptors (Lipinski definition) is 5. The van der Waals surface area contributed by atoms with Gasteiger partial charge in [0.05, 0.1) is 11.8 Å². The van der Waals surface area contributed by atoms with E-state index in [1.165, 1.54) is 12.8 Å². The van der Waals surface area contributed by atoms with E-state index in [2.05, 4.69) is 21.3 Å². The summed E-state index contributed by atoms with van der Waals surface area (Å²) in [7, 11) is 2.07. The van der Waals surface area contributed by atoms with Gasteiger partial charge in [0.1, 0.15) is 0 Å². The number of nitrogens with two attached hydrogens (primary N) is 1. The highest BCUT2D eigenvalue weighted by Crippen LogP contribution is 2.24.